The maximum absolute atomic E-state index is 12.0. The lowest BCUT2D eigenvalue weighted by Gasteiger charge is -2.33. The van der Waals surface area contributed by atoms with E-state index in [4.69, 9.17) is 5.11 Å². The number of aryl methyl sites for hydroxylation is 1. The van der Waals surface area contributed by atoms with Gasteiger partial charge < -0.3 is 15.3 Å². The van der Waals surface area contributed by atoms with Crippen LogP contribution in [-0.2, 0) is 18.9 Å². The normalized spacial score (nSPS) is 19.5. The molecule has 104 valence electrons. The lowest BCUT2D eigenvalue weighted by molar-refractivity contribution is -0.138. The van der Waals surface area contributed by atoms with Crippen LogP contribution in [0.25, 0.3) is 0 Å². The van der Waals surface area contributed by atoms with Crippen molar-refractivity contribution in [3.63, 3.8) is 0 Å². The van der Waals surface area contributed by atoms with Gasteiger partial charge >= 0.3 is 11.7 Å². The number of aromatic nitrogens is 3. The lowest BCUT2D eigenvalue weighted by Crippen LogP contribution is -2.58. The summed E-state index contributed by atoms with van der Waals surface area (Å²) in [5.74, 6) is -1.05. The number of hydrogen-bond donors (Lipinski definition) is 2. The highest BCUT2D eigenvalue weighted by Gasteiger charge is 2.31. The Labute approximate surface area is 108 Å². The average Bonchev–Trinajstić information content (AvgIpc) is 2.40. The Bertz CT molecular complexity index is 619. The molecule has 9 nitrogen and oxygen atoms in total. The maximum Gasteiger partial charge on any atom is 0.346 e. The van der Waals surface area contributed by atoms with Crippen molar-refractivity contribution in [2.75, 3.05) is 24.5 Å². The average molecular weight is 269 g/mol. The number of carboxylic acid groups (broad SMARTS) is 1. The van der Waals surface area contributed by atoms with Crippen molar-refractivity contribution in [2.45, 2.75) is 6.04 Å². The largest absolute Gasteiger partial charge is 0.480 e. The van der Waals surface area contributed by atoms with Crippen molar-refractivity contribution in [1.82, 2.24) is 19.7 Å². The second kappa shape index (κ2) is 4.84. The molecule has 1 atom stereocenters. The molecule has 1 unspecified atom stereocenters. The summed E-state index contributed by atoms with van der Waals surface area (Å²) < 4.78 is 1.95. The van der Waals surface area contributed by atoms with E-state index >= 15 is 0 Å². The minimum absolute atomic E-state index is 0.0153. The fourth-order valence-corrected chi connectivity index (χ4v) is 2.04. The molecule has 0 radical (unpaired) electrons. The van der Waals surface area contributed by atoms with Crippen molar-refractivity contribution in [3.8, 4) is 0 Å². The molecule has 0 amide bonds. The van der Waals surface area contributed by atoms with Gasteiger partial charge in [0.2, 0.25) is 5.82 Å². The molecule has 1 fully saturated rings. The summed E-state index contributed by atoms with van der Waals surface area (Å²) in [5, 5.41) is 16.0. The summed E-state index contributed by atoms with van der Waals surface area (Å²) in [5.41, 5.74) is -1.13. The predicted octanol–water partition coefficient (Wildman–Crippen LogP) is -2.66. The zero-order valence-electron chi connectivity index (χ0n) is 10.7. The van der Waals surface area contributed by atoms with Crippen molar-refractivity contribution in [3.05, 3.63) is 20.8 Å². The van der Waals surface area contributed by atoms with Crippen LogP contribution in [0.3, 0.4) is 0 Å². The number of hydrogen-bond acceptors (Lipinski definition) is 6. The fourth-order valence-electron chi connectivity index (χ4n) is 2.04. The van der Waals surface area contributed by atoms with Gasteiger partial charge in [-0.2, -0.15) is 0 Å². The second-order valence-corrected chi connectivity index (χ2v) is 4.35. The van der Waals surface area contributed by atoms with E-state index in [2.05, 4.69) is 10.4 Å². The molecule has 2 N–H and O–H groups in total. The van der Waals surface area contributed by atoms with Crippen molar-refractivity contribution in [1.29, 1.82) is 0 Å². The van der Waals surface area contributed by atoms with Gasteiger partial charge in [0, 0.05) is 33.7 Å². The first-order valence-corrected chi connectivity index (χ1v) is 5.78. The standard InChI is InChI=1S/C10H15N5O4/c1-13-8(16)7(12-14(2)10(13)19)15-4-3-11-5-6(15)9(17)18/h6,11H,3-5H2,1-2H3,(H,17,18). The zero-order chi connectivity index (χ0) is 14.2. The first-order chi connectivity index (χ1) is 8.93. The molecule has 9 heteroatoms. The van der Waals surface area contributed by atoms with Crippen LogP contribution in [0, 0.1) is 0 Å². The monoisotopic (exact) mass is 269 g/mol. The molecule has 1 saturated heterocycles. The quantitative estimate of drug-likeness (QED) is 0.603. The first kappa shape index (κ1) is 13.3. The van der Waals surface area contributed by atoms with Gasteiger partial charge in [-0.05, 0) is 0 Å². The summed E-state index contributed by atoms with van der Waals surface area (Å²) in [4.78, 5) is 36.2. The Kier molecular flexibility index (Phi) is 3.38. The molecule has 0 saturated carbocycles. The molecule has 0 spiro atoms. The third kappa shape index (κ3) is 2.24. The maximum atomic E-state index is 12.0. The summed E-state index contributed by atoms with van der Waals surface area (Å²) in [6.45, 7) is 1.12. The molecule has 1 aromatic heterocycles. The van der Waals surface area contributed by atoms with Crippen LogP contribution < -0.4 is 21.5 Å². The van der Waals surface area contributed by atoms with Crippen LogP contribution in [0.1, 0.15) is 0 Å². The Morgan fingerprint density at radius 3 is 2.74 bits per heavy atom. The van der Waals surface area contributed by atoms with E-state index in [1.165, 1.54) is 19.0 Å². The Hall–Kier alpha value is -2.16. The molecule has 1 aliphatic rings. The number of nitrogens with zero attached hydrogens (tertiary/aromatic N) is 4. The molecule has 2 heterocycles. The SMILES string of the molecule is Cn1nc(N2CCNCC2C(=O)O)c(=O)n(C)c1=O. The van der Waals surface area contributed by atoms with Crippen molar-refractivity contribution < 1.29 is 9.90 Å². The lowest BCUT2D eigenvalue weighted by atomic mass is 10.2. The Morgan fingerprint density at radius 1 is 1.42 bits per heavy atom. The van der Waals surface area contributed by atoms with Gasteiger partial charge in [0.15, 0.2) is 0 Å². The molecule has 0 bridgehead atoms. The molecule has 19 heavy (non-hydrogen) atoms. The Morgan fingerprint density at radius 2 is 2.11 bits per heavy atom. The van der Waals surface area contributed by atoms with Gasteiger partial charge in [0.25, 0.3) is 5.56 Å². The van der Waals surface area contributed by atoms with Crippen molar-refractivity contribution in [2.24, 2.45) is 14.1 Å². The van der Waals surface area contributed by atoms with E-state index in [9.17, 15) is 14.4 Å². The third-order valence-electron chi connectivity index (χ3n) is 3.10. The molecule has 1 aromatic rings. The van der Waals surface area contributed by atoms with Crippen LogP contribution in [0.4, 0.5) is 5.82 Å². The minimum atomic E-state index is -1.04. The molecule has 0 aliphatic carbocycles. The van der Waals surface area contributed by atoms with E-state index in [1.807, 2.05) is 0 Å². The summed E-state index contributed by atoms with van der Waals surface area (Å²) in [6, 6.07) is -0.869. The fraction of sp³-hybridized carbons (Fsp3) is 0.600. The summed E-state index contributed by atoms with van der Waals surface area (Å²) in [7, 11) is 2.76. The highest BCUT2D eigenvalue weighted by molar-refractivity contribution is 5.78. The molecule has 0 aromatic carbocycles. The number of anilines is 1. The minimum Gasteiger partial charge on any atom is -0.480 e. The molecular formula is C10H15N5O4. The van der Waals surface area contributed by atoms with Gasteiger partial charge in [0.1, 0.15) is 6.04 Å². The number of rotatable bonds is 2. The van der Waals surface area contributed by atoms with Gasteiger partial charge in [0.05, 0.1) is 0 Å². The number of aliphatic carboxylic acids is 1. The first-order valence-electron chi connectivity index (χ1n) is 5.78. The molecule has 1 aliphatic heterocycles. The van der Waals surface area contributed by atoms with Crippen LogP contribution in [-0.4, -0.2) is 51.1 Å². The van der Waals surface area contributed by atoms with Gasteiger partial charge in [-0.1, -0.05) is 0 Å². The number of carboxylic acids is 1. The Balaban J connectivity index is 2.54. The van der Waals surface area contributed by atoms with Crippen LogP contribution in [0.5, 0.6) is 0 Å². The highest BCUT2D eigenvalue weighted by atomic mass is 16.4. The third-order valence-corrected chi connectivity index (χ3v) is 3.10. The van der Waals surface area contributed by atoms with Gasteiger partial charge in [-0.25, -0.2) is 14.3 Å². The van der Waals surface area contributed by atoms with E-state index in [1.54, 1.807) is 0 Å². The van der Waals surface area contributed by atoms with E-state index < -0.39 is 23.3 Å². The molecular weight excluding hydrogens is 254 g/mol. The number of piperazine rings is 1. The summed E-state index contributed by atoms with van der Waals surface area (Å²) >= 11 is 0. The van der Waals surface area contributed by atoms with Crippen molar-refractivity contribution >= 4 is 11.8 Å². The van der Waals surface area contributed by atoms with Gasteiger partial charge in [-0.3, -0.25) is 9.36 Å². The van der Waals surface area contributed by atoms with E-state index in [-0.39, 0.29) is 12.4 Å². The number of carbonyl (C=O) groups is 1. The van der Waals surface area contributed by atoms with Crippen LogP contribution in [0.2, 0.25) is 0 Å². The highest BCUT2D eigenvalue weighted by Crippen LogP contribution is 2.10. The van der Waals surface area contributed by atoms with Crippen LogP contribution >= 0.6 is 0 Å². The molecule has 2 rings (SSSR count). The predicted molar refractivity (Wildman–Crippen MR) is 66.4 cm³/mol. The van der Waals surface area contributed by atoms with Crippen LogP contribution in [0.15, 0.2) is 9.59 Å². The zero-order valence-corrected chi connectivity index (χ0v) is 10.7. The number of nitrogens with one attached hydrogen (secondary N) is 1. The second-order valence-electron chi connectivity index (χ2n) is 4.35. The van der Waals surface area contributed by atoms with Gasteiger partial charge in [-0.15, -0.1) is 5.10 Å². The van der Waals surface area contributed by atoms with E-state index in [0.717, 1.165) is 9.25 Å². The summed E-state index contributed by atoms with van der Waals surface area (Å²) in [6.07, 6.45) is 0. The van der Waals surface area contributed by atoms with E-state index in [0.29, 0.717) is 13.1 Å². The smallest absolute Gasteiger partial charge is 0.346 e. The topological polar surface area (TPSA) is 109 Å².